The van der Waals surface area contributed by atoms with E-state index in [1.165, 1.54) is 31.2 Å². The Kier molecular flexibility index (Phi) is 5.67. The van der Waals surface area contributed by atoms with Crippen LogP contribution in [0.15, 0.2) is 64.6 Å². The summed E-state index contributed by atoms with van der Waals surface area (Å²) in [5, 5.41) is 3.44. The highest BCUT2D eigenvalue weighted by Gasteiger charge is 2.14. The number of hydrogen-bond acceptors (Lipinski definition) is 5. The Morgan fingerprint density at radius 1 is 1.12 bits per heavy atom. The van der Waals surface area contributed by atoms with E-state index in [0.29, 0.717) is 5.56 Å². The summed E-state index contributed by atoms with van der Waals surface area (Å²) in [5.41, 5.74) is 6.94. The van der Waals surface area contributed by atoms with Gasteiger partial charge in [-0.2, -0.15) is 0 Å². The smallest absolute Gasteiger partial charge is 0.332 e. The van der Waals surface area contributed by atoms with E-state index in [-0.39, 0.29) is 17.3 Å². The van der Waals surface area contributed by atoms with Gasteiger partial charge in [0.2, 0.25) is 10.0 Å². The van der Waals surface area contributed by atoms with Crippen molar-refractivity contribution in [2.75, 3.05) is 0 Å². The van der Waals surface area contributed by atoms with Crippen molar-refractivity contribution in [3.63, 3.8) is 0 Å². The van der Waals surface area contributed by atoms with Crippen molar-refractivity contribution in [1.29, 1.82) is 0 Å². The molecule has 0 bridgehead atoms. The first-order valence-corrected chi connectivity index (χ1v) is 8.52. The van der Waals surface area contributed by atoms with Gasteiger partial charge in [-0.1, -0.05) is 35.5 Å². The zero-order valence-corrected chi connectivity index (χ0v) is 13.8. The van der Waals surface area contributed by atoms with Gasteiger partial charge in [-0.3, -0.25) is 0 Å². The van der Waals surface area contributed by atoms with Crippen LogP contribution in [0.1, 0.15) is 18.1 Å². The van der Waals surface area contributed by atoms with Gasteiger partial charge in [-0.05, 0) is 29.8 Å². The van der Waals surface area contributed by atoms with Gasteiger partial charge in [0.05, 0.1) is 4.90 Å². The second-order valence-corrected chi connectivity index (χ2v) is 6.66. The molecule has 3 N–H and O–H groups in total. The molecule has 0 atom stereocenters. The van der Waals surface area contributed by atoms with Crippen molar-refractivity contribution in [2.45, 2.75) is 18.4 Å². The fourth-order valence-corrected chi connectivity index (χ4v) is 2.85. The average molecular weight is 347 g/mol. The monoisotopic (exact) mass is 347 g/mol. The molecule has 7 nitrogen and oxygen atoms in total. The van der Waals surface area contributed by atoms with E-state index in [4.69, 9.17) is 5.73 Å². The van der Waals surface area contributed by atoms with Gasteiger partial charge in [0, 0.05) is 19.0 Å². The van der Waals surface area contributed by atoms with Crippen LogP contribution in [-0.2, 0) is 26.2 Å². The maximum atomic E-state index is 12.3. The summed E-state index contributed by atoms with van der Waals surface area (Å²) in [7, 11) is -3.64. The summed E-state index contributed by atoms with van der Waals surface area (Å²) in [6.07, 6.45) is 0. The standard InChI is InChI=1S/C16H17N3O4S/c1-12(20)23-19-16(17)14-7-9-15(10-8-14)24(21,22)18-11-13-5-3-2-4-6-13/h2-10,18H,11H2,1H3,(H2,17,19). The van der Waals surface area contributed by atoms with E-state index in [9.17, 15) is 13.2 Å². The fraction of sp³-hybridized carbons (Fsp3) is 0.125. The number of carbonyl (C=O) groups is 1. The van der Waals surface area contributed by atoms with Gasteiger partial charge in [-0.15, -0.1) is 0 Å². The molecule has 0 aromatic heterocycles. The predicted molar refractivity (Wildman–Crippen MR) is 89.4 cm³/mol. The topological polar surface area (TPSA) is 111 Å². The van der Waals surface area contributed by atoms with E-state index in [1.54, 1.807) is 0 Å². The van der Waals surface area contributed by atoms with E-state index >= 15 is 0 Å². The van der Waals surface area contributed by atoms with Crippen LogP contribution in [0.3, 0.4) is 0 Å². The molecule has 0 aliphatic heterocycles. The quantitative estimate of drug-likeness (QED) is 0.355. The summed E-state index contributed by atoms with van der Waals surface area (Å²) < 4.78 is 27.0. The van der Waals surface area contributed by atoms with Crippen molar-refractivity contribution in [3.05, 3.63) is 65.7 Å². The first-order valence-electron chi connectivity index (χ1n) is 7.03. The van der Waals surface area contributed by atoms with Gasteiger partial charge in [0.25, 0.3) is 0 Å². The highest BCUT2D eigenvalue weighted by Crippen LogP contribution is 2.11. The Labute approximate surface area is 140 Å². The molecule has 0 heterocycles. The lowest BCUT2D eigenvalue weighted by molar-refractivity contribution is -0.140. The number of nitrogens with one attached hydrogen (secondary N) is 1. The lowest BCUT2D eigenvalue weighted by Gasteiger charge is -2.07. The summed E-state index contributed by atoms with van der Waals surface area (Å²) >= 11 is 0. The molecule has 2 rings (SSSR count). The van der Waals surface area contributed by atoms with Gasteiger partial charge in [0.15, 0.2) is 5.84 Å². The molecule has 0 saturated heterocycles. The number of oxime groups is 1. The molecule has 0 fully saturated rings. The number of carbonyl (C=O) groups excluding carboxylic acids is 1. The highest BCUT2D eigenvalue weighted by molar-refractivity contribution is 7.89. The van der Waals surface area contributed by atoms with Crippen molar-refractivity contribution in [1.82, 2.24) is 4.72 Å². The number of nitrogens with zero attached hydrogens (tertiary/aromatic N) is 1. The number of sulfonamides is 1. The molecule has 0 amide bonds. The van der Waals surface area contributed by atoms with E-state index in [0.717, 1.165) is 5.56 Å². The van der Waals surface area contributed by atoms with Crippen LogP contribution in [0, 0.1) is 0 Å². The zero-order valence-electron chi connectivity index (χ0n) is 13.0. The van der Waals surface area contributed by atoms with Crippen molar-refractivity contribution >= 4 is 21.8 Å². The fourth-order valence-electron chi connectivity index (χ4n) is 1.83. The minimum atomic E-state index is -3.64. The van der Waals surface area contributed by atoms with Crippen LogP contribution in [0.5, 0.6) is 0 Å². The van der Waals surface area contributed by atoms with Crippen molar-refractivity contribution in [3.8, 4) is 0 Å². The number of hydrogen-bond donors (Lipinski definition) is 2. The molecule has 0 aliphatic carbocycles. The highest BCUT2D eigenvalue weighted by atomic mass is 32.2. The molecular weight excluding hydrogens is 330 g/mol. The molecule has 0 unspecified atom stereocenters. The summed E-state index contributed by atoms with van der Waals surface area (Å²) in [5.74, 6) is -0.617. The minimum absolute atomic E-state index is 0.0219. The molecular formula is C16H17N3O4S. The number of amidine groups is 1. The lowest BCUT2D eigenvalue weighted by atomic mass is 10.2. The Balaban J connectivity index is 2.08. The summed E-state index contributed by atoms with van der Waals surface area (Å²) in [6.45, 7) is 1.39. The van der Waals surface area contributed by atoms with E-state index in [2.05, 4.69) is 14.7 Å². The Bertz CT molecular complexity index is 831. The number of benzene rings is 2. The number of nitrogens with two attached hydrogens (primary N) is 1. The van der Waals surface area contributed by atoms with E-state index < -0.39 is 16.0 Å². The second-order valence-electron chi connectivity index (χ2n) is 4.89. The maximum absolute atomic E-state index is 12.3. The molecule has 24 heavy (non-hydrogen) atoms. The normalized spacial score (nSPS) is 12.0. The predicted octanol–water partition coefficient (Wildman–Crippen LogP) is 1.35. The molecule has 8 heteroatoms. The lowest BCUT2D eigenvalue weighted by Crippen LogP contribution is -2.23. The Morgan fingerprint density at radius 3 is 2.33 bits per heavy atom. The molecule has 2 aromatic rings. The molecule has 0 radical (unpaired) electrons. The van der Waals surface area contributed by atoms with Crippen LogP contribution in [0.4, 0.5) is 0 Å². The van der Waals surface area contributed by atoms with Gasteiger partial charge >= 0.3 is 5.97 Å². The Morgan fingerprint density at radius 2 is 1.75 bits per heavy atom. The third-order valence-electron chi connectivity index (χ3n) is 3.04. The van der Waals surface area contributed by atoms with Crippen LogP contribution in [0.2, 0.25) is 0 Å². The van der Waals surface area contributed by atoms with Crippen molar-refractivity contribution in [2.24, 2.45) is 10.9 Å². The SMILES string of the molecule is CC(=O)O/N=C(\N)c1ccc(S(=O)(=O)NCc2ccccc2)cc1. The number of rotatable bonds is 6. The molecule has 2 aromatic carbocycles. The molecule has 0 aliphatic rings. The second kappa shape index (κ2) is 7.71. The Hall–Kier alpha value is -2.71. The summed E-state index contributed by atoms with van der Waals surface area (Å²) in [4.78, 5) is 15.2. The van der Waals surface area contributed by atoms with Gasteiger partial charge in [-0.25, -0.2) is 17.9 Å². The first kappa shape index (κ1) is 17.6. The molecule has 0 saturated carbocycles. The van der Waals surface area contributed by atoms with Crippen LogP contribution in [-0.4, -0.2) is 20.2 Å². The van der Waals surface area contributed by atoms with Crippen LogP contribution < -0.4 is 10.5 Å². The first-order chi connectivity index (χ1) is 11.4. The third-order valence-corrected chi connectivity index (χ3v) is 4.46. The van der Waals surface area contributed by atoms with Crippen LogP contribution >= 0.6 is 0 Å². The zero-order chi connectivity index (χ0) is 17.6. The largest absolute Gasteiger partial charge is 0.380 e. The van der Waals surface area contributed by atoms with Crippen LogP contribution in [0.25, 0.3) is 0 Å². The van der Waals surface area contributed by atoms with Gasteiger partial charge in [0.1, 0.15) is 0 Å². The van der Waals surface area contributed by atoms with Gasteiger partial charge < -0.3 is 10.6 Å². The maximum Gasteiger partial charge on any atom is 0.332 e. The molecule has 126 valence electrons. The average Bonchev–Trinajstić information content (AvgIpc) is 2.59. The molecule has 0 spiro atoms. The third kappa shape index (κ3) is 4.90. The van der Waals surface area contributed by atoms with Crippen molar-refractivity contribution < 1.29 is 18.0 Å². The van der Waals surface area contributed by atoms with E-state index in [1.807, 2.05) is 30.3 Å². The summed E-state index contributed by atoms with van der Waals surface area (Å²) in [6, 6.07) is 15.0. The minimum Gasteiger partial charge on any atom is -0.380 e.